The number of carboxylic acids is 1. The summed E-state index contributed by atoms with van der Waals surface area (Å²) in [5.74, 6) is -0.490. The van der Waals surface area contributed by atoms with Gasteiger partial charge in [0.15, 0.2) is 0 Å². The van der Waals surface area contributed by atoms with Gasteiger partial charge in [0, 0.05) is 5.56 Å². The van der Waals surface area contributed by atoms with Gasteiger partial charge in [0.05, 0.1) is 6.61 Å². The van der Waals surface area contributed by atoms with E-state index in [1.807, 2.05) is 0 Å². The monoisotopic (exact) mass is 293 g/mol. The fourth-order valence-corrected chi connectivity index (χ4v) is 1.70. The van der Waals surface area contributed by atoms with Crippen LogP contribution >= 0.6 is 0 Å². The highest BCUT2D eigenvalue weighted by Crippen LogP contribution is 2.14. The van der Waals surface area contributed by atoms with Gasteiger partial charge < -0.3 is 15.2 Å². The van der Waals surface area contributed by atoms with E-state index < -0.39 is 17.9 Å². The molecule has 1 rings (SSSR count). The van der Waals surface area contributed by atoms with Crippen LogP contribution < -0.4 is 10.1 Å². The van der Waals surface area contributed by atoms with Gasteiger partial charge in [-0.25, -0.2) is 4.79 Å². The van der Waals surface area contributed by atoms with Gasteiger partial charge >= 0.3 is 5.97 Å². The topological polar surface area (TPSA) is 75.6 Å². The first kappa shape index (κ1) is 17.0. The van der Waals surface area contributed by atoms with Gasteiger partial charge in [-0.2, -0.15) is 0 Å². The number of aliphatic carboxylic acids is 1. The van der Waals surface area contributed by atoms with E-state index >= 15 is 0 Å². The van der Waals surface area contributed by atoms with Crippen LogP contribution in [-0.2, 0) is 4.79 Å². The van der Waals surface area contributed by atoms with Crippen molar-refractivity contribution in [3.8, 4) is 5.75 Å². The first-order chi connectivity index (χ1) is 9.81. The number of hydrogen-bond donors (Lipinski definition) is 2. The van der Waals surface area contributed by atoms with Crippen LogP contribution in [0.3, 0.4) is 0 Å². The molecular weight excluding hydrogens is 270 g/mol. The minimum Gasteiger partial charge on any atom is -0.493 e. The van der Waals surface area contributed by atoms with Crippen LogP contribution in [0.1, 0.15) is 38.1 Å². The largest absolute Gasteiger partial charge is 0.493 e. The number of hydrogen-bond acceptors (Lipinski definition) is 3. The molecule has 116 valence electrons. The maximum absolute atomic E-state index is 12.0. The molecule has 0 heterocycles. The minimum absolute atomic E-state index is 0.180. The van der Waals surface area contributed by atoms with E-state index in [0.29, 0.717) is 23.8 Å². The fraction of sp³-hybridized carbons (Fsp3) is 0.500. The standard InChI is InChI=1S/C16H23NO4/c1-10(2)9-21-13-7-5-12(6-8-13)15(18)17-14(11(3)4)16(19)20/h5-8,10-11,14H,9H2,1-4H3,(H,17,18)(H,19,20). The van der Waals surface area contributed by atoms with Gasteiger partial charge in [0.25, 0.3) is 5.91 Å². The molecule has 2 N–H and O–H groups in total. The Balaban J connectivity index is 2.68. The SMILES string of the molecule is CC(C)COc1ccc(C(=O)NC(C(=O)O)C(C)C)cc1. The number of benzene rings is 1. The number of rotatable bonds is 7. The van der Waals surface area contributed by atoms with Gasteiger partial charge in [0.1, 0.15) is 11.8 Å². The molecule has 0 spiro atoms. The molecule has 0 radical (unpaired) electrons. The van der Waals surface area contributed by atoms with Crippen molar-refractivity contribution >= 4 is 11.9 Å². The zero-order chi connectivity index (χ0) is 16.0. The highest BCUT2D eigenvalue weighted by Gasteiger charge is 2.23. The van der Waals surface area contributed by atoms with Gasteiger partial charge in [-0.3, -0.25) is 4.79 Å². The maximum Gasteiger partial charge on any atom is 0.326 e. The summed E-state index contributed by atoms with van der Waals surface area (Å²) in [4.78, 5) is 23.1. The third-order valence-corrected chi connectivity index (χ3v) is 2.92. The molecular formula is C16H23NO4. The number of nitrogens with one attached hydrogen (secondary N) is 1. The molecule has 0 bridgehead atoms. The van der Waals surface area contributed by atoms with E-state index in [4.69, 9.17) is 9.84 Å². The Morgan fingerprint density at radius 2 is 1.71 bits per heavy atom. The summed E-state index contributed by atoms with van der Waals surface area (Å²) in [5.41, 5.74) is 0.416. The first-order valence-electron chi connectivity index (χ1n) is 7.07. The van der Waals surface area contributed by atoms with Gasteiger partial charge in [-0.05, 0) is 36.1 Å². The summed E-state index contributed by atoms with van der Waals surface area (Å²) in [7, 11) is 0. The molecule has 0 aliphatic rings. The van der Waals surface area contributed by atoms with E-state index in [1.54, 1.807) is 38.1 Å². The zero-order valence-corrected chi connectivity index (χ0v) is 12.9. The molecule has 1 aromatic rings. The Bertz CT molecular complexity index is 480. The van der Waals surface area contributed by atoms with Crippen molar-refractivity contribution in [1.82, 2.24) is 5.32 Å². The van der Waals surface area contributed by atoms with Crippen molar-refractivity contribution in [2.75, 3.05) is 6.61 Å². The molecule has 5 nitrogen and oxygen atoms in total. The molecule has 0 fully saturated rings. The molecule has 1 unspecified atom stereocenters. The second-order valence-electron chi connectivity index (χ2n) is 5.76. The highest BCUT2D eigenvalue weighted by molar-refractivity contribution is 5.96. The van der Waals surface area contributed by atoms with Crippen molar-refractivity contribution in [1.29, 1.82) is 0 Å². The lowest BCUT2D eigenvalue weighted by atomic mass is 10.0. The second kappa shape index (κ2) is 7.67. The predicted octanol–water partition coefficient (Wildman–Crippen LogP) is 2.56. The fourth-order valence-electron chi connectivity index (χ4n) is 1.70. The Kier molecular flexibility index (Phi) is 6.21. The third kappa shape index (κ3) is 5.45. The van der Waals surface area contributed by atoms with E-state index in [-0.39, 0.29) is 5.92 Å². The number of carbonyl (C=O) groups excluding carboxylic acids is 1. The molecule has 1 amide bonds. The summed E-state index contributed by atoms with van der Waals surface area (Å²) in [6, 6.07) is 5.79. The van der Waals surface area contributed by atoms with Crippen molar-refractivity contribution in [2.45, 2.75) is 33.7 Å². The number of carbonyl (C=O) groups is 2. The highest BCUT2D eigenvalue weighted by atomic mass is 16.5. The smallest absolute Gasteiger partial charge is 0.326 e. The van der Waals surface area contributed by atoms with Crippen LogP contribution in [0.5, 0.6) is 5.75 Å². The summed E-state index contributed by atoms with van der Waals surface area (Å²) >= 11 is 0. The summed E-state index contributed by atoms with van der Waals surface area (Å²) < 4.78 is 5.53. The summed E-state index contributed by atoms with van der Waals surface area (Å²) in [6.45, 7) is 8.23. The number of ether oxygens (including phenoxy) is 1. The van der Waals surface area contributed by atoms with Crippen LogP contribution in [0.25, 0.3) is 0 Å². The lowest BCUT2D eigenvalue weighted by molar-refractivity contribution is -0.140. The van der Waals surface area contributed by atoms with Crippen molar-refractivity contribution in [2.24, 2.45) is 11.8 Å². The quantitative estimate of drug-likeness (QED) is 0.810. The molecule has 0 saturated carbocycles. The van der Waals surface area contributed by atoms with Gasteiger partial charge in [-0.1, -0.05) is 27.7 Å². The molecule has 1 atom stereocenters. The minimum atomic E-state index is -1.03. The maximum atomic E-state index is 12.0. The normalized spacial score (nSPS) is 12.3. The predicted molar refractivity (Wildman–Crippen MR) is 80.5 cm³/mol. The average molecular weight is 293 g/mol. The zero-order valence-electron chi connectivity index (χ0n) is 12.9. The average Bonchev–Trinajstić information content (AvgIpc) is 2.42. The van der Waals surface area contributed by atoms with Crippen molar-refractivity contribution < 1.29 is 19.4 Å². The number of carboxylic acid groups (broad SMARTS) is 1. The van der Waals surface area contributed by atoms with E-state index in [0.717, 1.165) is 0 Å². The third-order valence-electron chi connectivity index (χ3n) is 2.92. The second-order valence-corrected chi connectivity index (χ2v) is 5.76. The molecule has 5 heteroatoms. The van der Waals surface area contributed by atoms with E-state index in [9.17, 15) is 9.59 Å². The lowest BCUT2D eigenvalue weighted by Gasteiger charge is -2.18. The van der Waals surface area contributed by atoms with E-state index in [1.165, 1.54) is 0 Å². The number of amides is 1. The van der Waals surface area contributed by atoms with Crippen molar-refractivity contribution in [3.05, 3.63) is 29.8 Å². The molecule has 0 saturated heterocycles. The Morgan fingerprint density at radius 3 is 2.14 bits per heavy atom. The van der Waals surface area contributed by atoms with Crippen LogP contribution in [0.2, 0.25) is 0 Å². The Hall–Kier alpha value is -2.04. The van der Waals surface area contributed by atoms with Crippen LogP contribution in [0.15, 0.2) is 24.3 Å². The van der Waals surface area contributed by atoms with E-state index in [2.05, 4.69) is 19.2 Å². The van der Waals surface area contributed by atoms with Crippen LogP contribution in [0.4, 0.5) is 0 Å². The Labute approximate surface area is 125 Å². The molecule has 0 aliphatic carbocycles. The van der Waals surface area contributed by atoms with Crippen LogP contribution in [-0.4, -0.2) is 29.6 Å². The molecule has 0 aliphatic heterocycles. The molecule has 1 aromatic carbocycles. The Morgan fingerprint density at radius 1 is 1.14 bits per heavy atom. The van der Waals surface area contributed by atoms with Gasteiger partial charge in [0.2, 0.25) is 0 Å². The summed E-state index contributed by atoms with van der Waals surface area (Å²) in [6.07, 6.45) is 0. The van der Waals surface area contributed by atoms with Crippen molar-refractivity contribution in [3.63, 3.8) is 0 Å². The van der Waals surface area contributed by atoms with Crippen LogP contribution in [0, 0.1) is 11.8 Å². The molecule has 0 aromatic heterocycles. The summed E-state index contributed by atoms with van der Waals surface area (Å²) in [5, 5.41) is 11.6. The molecule has 21 heavy (non-hydrogen) atoms. The lowest BCUT2D eigenvalue weighted by Crippen LogP contribution is -2.44. The first-order valence-corrected chi connectivity index (χ1v) is 7.07. The van der Waals surface area contributed by atoms with Gasteiger partial charge in [-0.15, -0.1) is 0 Å².